The van der Waals surface area contributed by atoms with E-state index in [0.717, 1.165) is 0 Å². The largest absolute Gasteiger partial charge is 0.546 e. The summed E-state index contributed by atoms with van der Waals surface area (Å²) < 4.78 is 5.01. The number of amides is 2. The molecule has 0 aliphatic heterocycles. The third kappa shape index (κ3) is 6.79. The van der Waals surface area contributed by atoms with Crippen LogP contribution in [0, 0.1) is 0 Å². The zero-order valence-corrected chi connectivity index (χ0v) is 13.1. The number of nitrogens with zero attached hydrogens (tertiary/aromatic N) is 1. The van der Waals surface area contributed by atoms with Crippen molar-refractivity contribution in [3.63, 3.8) is 0 Å². The van der Waals surface area contributed by atoms with Gasteiger partial charge in [-0.1, -0.05) is 18.5 Å². The molecule has 23 heavy (non-hydrogen) atoms. The van der Waals surface area contributed by atoms with Gasteiger partial charge in [-0.2, -0.15) is 5.10 Å². The second-order valence-corrected chi connectivity index (χ2v) is 4.73. The minimum absolute atomic E-state index is 0.187. The highest BCUT2D eigenvalue weighted by molar-refractivity contribution is 6.35. The average molecular weight is 341 g/mol. The molecule has 0 heterocycles. The number of carboxylic acid groups (broad SMARTS) is 1. The second-order valence-electron chi connectivity index (χ2n) is 4.30. The molecule has 0 radical (unpaired) electrons. The van der Waals surface area contributed by atoms with Crippen LogP contribution in [0.15, 0.2) is 23.3 Å². The number of halogens is 1. The molecule has 9 heteroatoms. The molecule has 1 aromatic rings. The molecule has 0 spiro atoms. The first-order chi connectivity index (χ1) is 10.9. The minimum atomic E-state index is -1.39. The van der Waals surface area contributed by atoms with E-state index in [9.17, 15) is 19.5 Å². The molecule has 0 aliphatic rings. The normalized spacial score (nSPS) is 10.3. The highest BCUT2D eigenvalue weighted by atomic mass is 35.5. The van der Waals surface area contributed by atoms with Crippen LogP contribution in [0.1, 0.15) is 18.9 Å². The molecule has 0 aromatic heterocycles. The van der Waals surface area contributed by atoms with Gasteiger partial charge in [0.1, 0.15) is 12.4 Å². The van der Waals surface area contributed by atoms with Gasteiger partial charge in [-0.3, -0.25) is 9.59 Å². The summed E-state index contributed by atoms with van der Waals surface area (Å²) in [5.74, 6) is -2.92. The van der Waals surface area contributed by atoms with Crippen molar-refractivity contribution in [2.45, 2.75) is 13.3 Å². The molecular weight excluding hydrogens is 326 g/mol. The number of hydrogen-bond donors (Lipinski definition) is 2. The molecule has 124 valence electrons. The zero-order chi connectivity index (χ0) is 17.2. The van der Waals surface area contributed by atoms with Gasteiger partial charge in [0, 0.05) is 17.1 Å². The maximum absolute atomic E-state index is 11.4. The molecule has 1 aromatic carbocycles. The van der Waals surface area contributed by atoms with Crippen molar-refractivity contribution < 1.29 is 24.2 Å². The monoisotopic (exact) mass is 340 g/mol. The Morgan fingerprint density at radius 2 is 2.09 bits per heavy atom. The molecule has 2 N–H and O–H groups in total. The van der Waals surface area contributed by atoms with E-state index in [1.807, 2.05) is 12.3 Å². The lowest BCUT2D eigenvalue weighted by Crippen LogP contribution is -2.38. The number of carbonyl (C=O) groups excluding carboxylic acids is 3. The molecule has 0 saturated carbocycles. The quantitative estimate of drug-likeness (QED) is 0.392. The van der Waals surface area contributed by atoms with Gasteiger partial charge in [-0.05, 0) is 24.6 Å². The summed E-state index contributed by atoms with van der Waals surface area (Å²) in [6.45, 7) is 1.59. The molecule has 0 bridgehead atoms. The van der Waals surface area contributed by atoms with Crippen molar-refractivity contribution in [3.8, 4) is 5.75 Å². The van der Waals surface area contributed by atoms with E-state index in [4.69, 9.17) is 16.3 Å². The molecular formula is C14H15ClN3O5-. The number of aliphatic carboxylic acids is 1. The number of hydrazone groups is 1. The van der Waals surface area contributed by atoms with Gasteiger partial charge in [-0.25, -0.2) is 5.43 Å². The van der Waals surface area contributed by atoms with Crippen molar-refractivity contribution >= 4 is 35.6 Å². The molecule has 0 atom stereocenters. The first-order valence-electron chi connectivity index (χ1n) is 6.67. The number of carboxylic acids is 1. The van der Waals surface area contributed by atoms with Gasteiger partial charge in [0.15, 0.2) is 0 Å². The van der Waals surface area contributed by atoms with E-state index in [1.165, 1.54) is 24.4 Å². The summed E-state index contributed by atoms with van der Waals surface area (Å²) in [5, 5.41) is 16.8. The van der Waals surface area contributed by atoms with Crippen LogP contribution >= 0.6 is 11.6 Å². The van der Waals surface area contributed by atoms with Gasteiger partial charge in [-0.15, -0.1) is 0 Å². The number of hydrogen-bond acceptors (Lipinski definition) is 6. The summed E-state index contributed by atoms with van der Waals surface area (Å²) in [4.78, 5) is 33.2. The predicted molar refractivity (Wildman–Crippen MR) is 81.0 cm³/mol. The molecule has 0 fully saturated rings. The van der Waals surface area contributed by atoms with Crippen LogP contribution in [0.3, 0.4) is 0 Å². The summed E-state index contributed by atoms with van der Waals surface area (Å²) in [5.41, 5.74) is 2.37. The van der Waals surface area contributed by atoms with E-state index in [1.54, 1.807) is 0 Å². The summed E-state index contributed by atoms with van der Waals surface area (Å²) in [7, 11) is 0. The smallest absolute Gasteiger partial charge is 0.329 e. The second kappa shape index (κ2) is 9.42. The minimum Gasteiger partial charge on any atom is -0.546 e. The summed E-state index contributed by atoms with van der Waals surface area (Å²) in [6, 6.07) is 4.40. The van der Waals surface area contributed by atoms with Gasteiger partial charge < -0.3 is 20.0 Å². The Balaban J connectivity index is 2.71. The lowest BCUT2D eigenvalue weighted by atomic mass is 10.2. The van der Waals surface area contributed by atoms with Crippen LogP contribution in [0.25, 0.3) is 0 Å². The Bertz CT molecular complexity index is 618. The topological polar surface area (TPSA) is 120 Å². The fourth-order valence-electron chi connectivity index (χ4n) is 1.42. The molecule has 0 aliphatic carbocycles. The standard InChI is InChI=1S/C14H16ClN3O5/c1-2-5-16-13(21)14(22)18-17-7-9-6-10(15)3-4-11(9)23-8-12(19)20/h3-4,6-7H,2,5,8H2,1H3,(H,16,21)(H,18,22)(H,19,20)/p-1/b17-7-. The van der Waals surface area contributed by atoms with E-state index in [2.05, 4.69) is 10.4 Å². The number of nitrogens with one attached hydrogen (secondary N) is 2. The van der Waals surface area contributed by atoms with E-state index in [0.29, 0.717) is 23.6 Å². The van der Waals surface area contributed by atoms with Crippen molar-refractivity contribution in [1.82, 2.24) is 10.7 Å². The Kier molecular flexibility index (Phi) is 7.55. The molecule has 1 rings (SSSR count). The van der Waals surface area contributed by atoms with Gasteiger partial charge in [0.2, 0.25) is 0 Å². The molecule has 0 saturated heterocycles. The molecule has 2 amide bonds. The number of carbonyl (C=O) groups is 3. The highest BCUT2D eigenvalue weighted by Crippen LogP contribution is 2.21. The van der Waals surface area contributed by atoms with Gasteiger partial charge in [0.25, 0.3) is 0 Å². The van der Waals surface area contributed by atoms with Gasteiger partial charge >= 0.3 is 11.8 Å². The van der Waals surface area contributed by atoms with Crippen molar-refractivity contribution in [1.29, 1.82) is 0 Å². The SMILES string of the molecule is CCCNC(=O)C(=O)N/N=C\c1cc(Cl)ccc1OCC(=O)[O-]. The fraction of sp³-hybridized carbons (Fsp3) is 0.286. The molecule has 0 unspecified atom stereocenters. The summed E-state index contributed by atoms with van der Waals surface area (Å²) in [6.07, 6.45) is 1.88. The lowest BCUT2D eigenvalue weighted by molar-refractivity contribution is -0.307. The third-order valence-electron chi connectivity index (χ3n) is 2.43. The van der Waals surface area contributed by atoms with Crippen molar-refractivity contribution in [2.75, 3.05) is 13.2 Å². The Labute approximate surface area is 137 Å². The van der Waals surface area contributed by atoms with Crippen LogP contribution in [-0.4, -0.2) is 37.1 Å². The van der Waals surface area contributed by atoms with E-state index in [-0.39, 0.29) is 5.75 Å². The predicted octanol–water partition coefficient (Wildman–Crippen LogP) is -0.555. The van der Waals surface area contributed by atoms with Crippen molar-refractivity contribution in [3.05, 3.63) is 28.8 Å². The first kappa shape index (κ1) is 18.4. The highest BCUT2D eigenvalue weighted by Gasteiger charge is 2.11. The first-order valence-corrected chi connectivity index (χ1v) is 7.05. The number of rotatable bonds is 7. The summed E-state index contributed by atoms with van der Waals surface area (Å²) >= 11 is 5.83. The van der Waals surface area contributed by atoms with Crippen LogP contribution < -0.4 is 20.6 Å². The number of ether oxygens (including phenoxy) is 1. The Morgan fingerprint density at radius 1 is 1.35 bits per heavy atom. The Morgan fingerprint density at radius 3 is 2.74 bits per heavy atom. The number of benzene rings is 1. The third-order valence-corrected chi connectivity index (χ3v) is 2.66. The average Bonchev–Trinajstić information content (AvgIpc) is 2.51. The van der Waals surface area contributed by atoms with Crippen LogP contribution in [-0.2, 0) is 14.4 Å². The van der Waals surface area contributed by atoms with Crippen LogP contribution in [0.2, 0.25) is 5.02 Å². The van der Waals surface area contributed by atoms with Gasteiger partial charge in [0.05, 0.1) is 12.2 Å². The Hall–Kier alpha value is -2.61. The molecule has 8 nitrogen and oxygen atoms in total. The van der Waals surface area contributed by atoms with Crippen molar-refractivity contribution in [2.24, 2.45) is 5.10 Å². The van der Waals surface area contributed by atoms with Crippen LogP contribution in [0.5, 0.6) is 5.75 Å². The van der Waals surface area contributed by atoms with E-state index >= 15 is 0 Å². The fourth-order valence-corrected chi connectivity index (χ4v) is 1.60. The van der Waals surface area contributed by atoms with E-state index < -0.39 is 24.4 Å². The lowest BCUT2D eigenvalue weighted by Gasteiger charge is -2.09. The maximum Gasteiger partial charge on any atom is 0.329 e. The zero-order valence-electron chi connectivity index (χ0n) is 12.3. The maximum atomic E-state index is 11.4. The van der Waals surface area contributed by atoms with Crippen LogP contribution in [0.4, 0.5) is 0 Å².